The molecule has 0 saturated carbocycles. The van der Waals surface area contributed by atoms with Crippen molar-refractivity contribution in [1.29, 1.82) is 0 Å². The van der Waals surface area contributed by atoms with E-state index in [1.807, 2.05) is 44.2 Å². The van der Waals surface area contributed by atoms with Crippen molar-refractivity contribution in [3.63, 3.8) is 0 Å². The summed E-state index contributed by atoms with van der Waals surface area (Å²) in [5.74, 6) is -2.72. The van der Waals surface area contributed by atoms with E-state index in [1.165, 1.54) is 0 Å². The molecule has 0 radical (unpaired) electrons. The van der Waals surface area contributed by atoms with Crippen LogP contribution < -0.4 is 9.80 Å². The van der Waals surface area contributed by atoms with Gasteiger partial charge in [0.1, 0.15) is 11.6 Å². The number of aliphatic hydroxyl groups is 1. The van der Waals surface area contributed by atoms with Crippen LogP contribution in [0.3, 0.4) is 0 Å². The average Bonchev–Trinajstić information content (AvgIpc) is 3.62. The Morgan fingerprint density at radius 2 is 1.82 bits per heavy atom. The molecule has 0 aliphatic carbocycles. The molecule has 3 aliphatic rings. The quantitative estimate of drug-likeness (QED) is 0.105. The molecular formula is C35H50BrN3O6. The Bertz CT molecular complexity index is 1220. The van der Waals surface area contributed by atoms with Crippen LogP contribution in [0.1, 0.15) is 59.8 Å². The Morgan fingerprint density at radius 3 is 2.40 bits per heavy atom. The normalized spacial score (nSPS) is 27.4. The number of halogens is 1. The van der Waals surface area contributed by atoms with Crippen LogP contribution in [0.4, 0.5) is 11.4 Å². The summed E-state index contributed by atoms with van der Waals surface area (Å²) in [5.41, 5.74) is 0.477. The largest absolute Gasteiger partial charge is 0.465 e. The van der Waals surface area contributed by atoms with Crippen molar-refractivity contribution in [3.8, 4) is 0 Å². The molecule has 3 fully saturated rings. The highest BCUT2D eigenvalue weighted by Gasteiger charge is 2.77. The fourth-order valence-corrected chi connectivity index (χ4v) is 8.46. The van der Waals surface area contributed by atoms with E-state index >= 15 is 0 Å². The van der Waals surface area contributed by atoms with Crippen LogP contribution in [0.5, 0.6) is 0 Å². The van der Waals surface area contributed by atoms with E-state index in [9.17, 15) is 19.5 Å². The molecular weight excluding hydrogens is 638 g/mol. The molecule has 2 bridgehead atoms. The van der Waals surface area contributed by atoms with Gasteiger partial charge in [0, 0.05) is 35.8 Å². The lowest BCUT2D eigenvalue weighted by Gasteiger charge is -2.40. The molecule has 4 rings (SSSR count). The van der Waals surface area contributed by atoms with Crippen molar-refractivity contribution in [1.82, 2.24) is 4.90 Å². The lowest BCUT2D eigenvalue weighted by molar-refractivity contribution is -0.155. The zero-order chi connectivity index (χ0) is 32.9. The summed E-state index contributed by atoms with van der Waals surface area (Å²) in [6, 6.07) is 6.16. The summed E-state index contributed by atoms with van der Waals surface area (Å²) < 4.78 is 12.4. The maximum Gasteiger partial charge on any atom is 0.312 e. The van der Waals surface area contributed by atoms with Crippen LogP contribution in [0, 0.1) is 17.8 Å². The molecule has 45 heavy (non-hydrogen) atoms. The minimum absolute atomic E-state index is 0.151. The predicted octanol–water partition coefficient (Wildman–Crippen LogP) is 5.11. The van der Waals surface area contributed by atoms with Crippen molar-refractivity contribution in [2.45, 2.75) is 88.4 Å². The summed E-state index contributed by atoms with van der Waals surface area (Å²) in [4.78, 5) is 48.2. The van der Waals surface area contributed by atoms with Gasteiger partial charge in [0.25, 0.3) is 5.91 Å². The van der Waals surface area contributed by atoms with E-state index < -0.39 is 41.6 Å². The molecule has 3 saturated heterocycles. The lowest BCUT2D eigenvalue weighted by atomic mass is 9.70. The zero-order valence-corrected chi connectivity index (χ0v) is 28.8. The summed E-state index contributed by atoms with van der Waals surface area (Å²) >= 11 is 3.73. The van der Waals surface area contributed by atoms with Crippen molar-refractivity contribution >= 4 is 45.1 Å². The average molecular weight is 689 g/mol. The van der Waals surface area contributed by atoms with Crippen molar-refractivity contribution < 1.29 is 29.0 Å². The number of carbonyl (C=O) groups excluding carboxylic acids is 3. The fraction of sp³-hybridized carbons (Fsp3) is 0.629. The molecule has 248 valence electrons. The lowest BCUT2D eigenvalue weighted by Crippen LogP contribution is -2.59. The van der Waals surface area contributed by atoms with Crippen molar-refractivity contribution in [2.24, 2.45) is 17.8 Å². The number of carbonyl (C=O) groups is 3. The number of fused-ring (bicyclic) bond motifs is 1. The maximum absolute atomic E-state index is 14.9. The molecule has 2 amide bonds. The van der Waals surface area contributed by atoms with E-state index in [0.29, 0.717) is 24.9 Å². The number of nitrogens with zero attached hydrogens (tertiary/aromatic N) is 3. The number of unbranched alkanes of at least 4 members (excludes halogenated alkanes) is 2. The van der Waals surface area contributed by atoms with Gasteiger partial charge in [0.2, 0.25) is 5.91 Å². The first-order valence-electron chi connectivity index (χ1n) is 16.4. The standard InChI is InChI=1S/C35H50BrN3O6/c1-7-11-12-13-19-44-34(43)28-29-32(41)39(26(22-40)20-23(5)6)31(35(29)21-27(36)30(28)45-35)33(42)38(18-8-2)25-16-14-24(15-17-25)37(9-3)10-4/h7-8,14-17,23,26-31,40H,1-2,9-13,18-22H2,3-6H3/t26-,27?,28+,29+,30+,31?,35?/m1/s1. The highest BCUT2D eigenvalue weighted by Crippen LogP contribution is 2.61. The van der Waals surface area contributed by atoms with Gasteiger partial charge < -0.3 is 29.3 Å². The second-order valence-corrected chi connectivity index (χ2v) is 13.9. The monoisotopic (exact) mass is 687 g/mol. The second-order valence-electron chi connectivity index (χ2n) is 12.8. The van der Waals surface area contributed by atoms with Gasteiger partial charge in [-0.25, -0.2) is 0 Å². The Morgan fingerprint density at radius 1 is 1.16 bits per heavy atom. The number of hydrogen-bond acceptors (Lipinski definition) is 7. The number of allylic oxidation sites excluding steroid dienone is 1. The highest BCUT2D eigenvalue weighted by atomic mass is 79.9. The first kappa shape index (κ1) is 35.2. The fourth-order valence-electron chi connectivity index (χ4n) is 7.52. The summed E-state index contributed by atoms with van der Waals surface area (Å²) in [7, 11) is 0. The van der Waals surface area contributed by atoms with Gasteiger partial charge in [-0.1, -0.05) is 41.9 Å². The molecule has 1 N–H and O–H groups in total. The maximum atomic E-state index is 14.9. The number of esters is 1. The summed E-state index contributed by atoms with van der Waals surface area (Å²) in [6.07, 6.45) is 6.14. The van der Waals surface area contributed by atoms with Gasteiger partial charge in [-0.15, -0.1) is 13.2 Å². The van der Waals surface area contributed by atoms with Gasteiger partial charge in [-0.05, 0) is 76.1 Å². The van der Waals surface area contributed by atoms with Crippen molar-refractivity contribution in [2.75, 3.05) is 42.6 Å². The van der Waals surface area contributed by atoms with E-state index in [4.69, 9.17) is 9.47 Å². The van der Waals surface area contributed by atoms with E-state index in [1.54, 1.807) is 15.9 Å². The Kier molecular flexibility index (Phi) is 11.9. The summed E-state index contributed by atoms with van der Waals surface area (Å²) in [6.45, 7) is 17.7. The third-order valence-corrected chi connectivity index (χ3v) is 10.3. The first-order chi connectivity index (χ1) is 21.6. The molecule has 1 aromatic carbocycles. The first-order valence-corrected chi connectivity index (χ1v) is 17.3. The minimum atomic E-state index is -1.25. The number of anilines is 2. The minimum Gasteiger partial charge on any atom is -0.465 e. The van der Waals surface area contributed by atoms with E-state index in [0.717, 1.165) is 31.6 Å². The summed E-state index contributed by atoms with van der Waals surface area (Å²) in [5, 5.41) is 10.6. The number of ether oxygens (including phenoxy) is 2. The Hall–Kier alpha value is -2.69. The van der Waals surface area contributed by atoms with Crippen LogP contribution in [0.2, 0.25) is 0 Å². The van der Waals surface area contributed by atoms with Crippen molar-refractivity contribution in [3.05, 3.63) is 49.6 Å². The molecule has 1 spiro atoms. The predicted molar refractivity (Wildman–Crippen MR) is 180 cm³/mol. The number of alkyl halides is 1. The molecule has 3 unspecified atom stereocenters. The highest BCUT2D eigenvalue weighted by molar-refractivity contribution is 9.09. The number of benzene rings is 1. The van der Waals surface area contributed by atoms with Gasteiger partial charge >= 0.3 is 5.97 Å². The zero-order valence-electron chi connectivity index (χ0n) is 27.2. The molecule has 3 aliphatic heterocycles. The van der Waals surface area contributed by atoms with Gasteiger partial charge in [0.15, 0.2) is 0 Å². The topological polar surface area (TPSA) is 99.6 Å². The SMILES string of the molecule is C=CCCCCOC(=O)[C@H]1[C@H]2C(=O)N([C@@H](CO)CC(C)C)C(C(=O)N(CC=C)c3ccc(N(CC)CC)cc3)C23CC(Br)[C@@H]1O3. The molecule has 10 heteroatoms. The van der Waals surface area contributed by atoms with E-state index in [2.05, 4.69) is 47.8 Å². The second kappa shape index (κ2) is 15.3. The number of hydrogen-bond donors (Lipinski definition) is 1. The number of likely N-dealkylation sites (tertiary alicyclic amines) is 1. The molecule has 9 nitrogen and oxygen atoms in total. The molecule has 7 atom stereocenters. The van der Waals surface area contributed by atoms with Crippen LogP contribution >= 0.6 is 15.9 Å². The number of rotatable bonds is 17. The Balaban J connectivity index is 1.74. The third kappa shape index (κ3) is 6.74. The van der Waals surface area contributed by atoms with Crippen LogP contribution in [-0.2, 0) is 23.9 Å². The smallest absolute Gasteiger partial charge is 0.312 e. The Labute approximate surface area is 276 Å². The van der Waals surface area contributed by atoms with Crippen LogP contribution in [0.15, 0.2) is 49.6 Å². The molecule has 3 heterocycles. The van der Waals surface area contributed by atoms with Gasteiger partial charge in [-0.3, -0.25) is 14.4 Å². The third-order valence-electron chi connectivity index (χ3n) is 9.50. The van der Waals surface area contributed by atoms with Gasteiger partial charge in [0.05, 0.1) is 37.2 Å². The molecule has 1 aromatic rings. The van der Waals surface area contributed by atoms with Crippen LogP contribution in [-0.4, -0.2) is 89.3 Å². The number of amides is 2. The molecule has 0 aromatic heterocycles. The number of aliphatic hydroxyl groups excluding tert-OH is 1. The van der Waals surface area contributed by atoms with E-state index in [-0.39, 0.29) is 42.3 Å². The van der Waals surface area contributed by atoms with Gasteiger partial charge in [-0.2, -0.15) is 0 Å². The van der Waals surface area contributed by atoms with Crippen LogP contribution in [0.25, 0.3) is 0 Å².